The molecule has 31 heavy (non-hydrogen) atoms. The first-order valence-corrected chi connectivity index (χ1v) is 12.0. The molecule has 3 N–H and O–H groups in total. The third-order valence-electron chi connectivity index (χ3n) is 6.63. The second-order valence-electron chi connectivity index (χ2n) is 8.86. The number of hydrogen-bond acceptors (Lipinski definition) is 5. The van der Waals surface area contributed by atoms with Gasteiger partial charge in [0, 0.05) is 37.5 Å². The molecule has 1 aromatic carbocycles. The van der Waals surface area contributed by atoms with E-state index >= 15 is 0 Å². The van der Waals surface area contributed by atoms with Crippen LogP contribution in [0.25, 0.3) is 10.9 Å². The molecular formula is C24H33ClN4O2. The molecule has 4 rings (SSSR count). The van der Waals surface area contributed by atoms with Crippen molar-refractivity contribution >= 4 is 39.9 Å². The van der Waals surface area contributed by atoms with Crippen LogP contribution in [-0.4, -0.2) is 48.3 Å². The number of benzene rings is 1. The van der Waals surface area contributed by atoms with E-state index < -0.39 is 0 Å². The monoisotopic (exact) mass is 444 g/mol. The Morgan fingerprint density at radius 2 is 2.00 bits per heavy atom. The van der Waals surface area contributed by atoms with E-state index in [0.717, 1.165) is 42.7 Å². The van der Waals surface area contributed by atoms with E-state index in [9.17, 15) is 4.79 Å². The lowest BCUT2D eigenvalue weighted by Crippen LogP contribution is -2.34. The van der Waals surface area contributed by atoms with Crippen molar-refractivity contribution in [2.24, 2.45) is 5.92 Å². The number of rotatable bonds is 8. The van der Waals surface area contributed by atoms with Crippen LogP contribution in [0.1, 0.15) is 51.4 Å². The Labute approximate surface area is 189 Å². The zero-order valence-electron chi connectivity index (χ0n) is 18.1. The van der Waals surface area contributed by atoms with Crippen LogP contribution in [0, 0.1) is 5.92 Å². The maximum atomic E-state index is 12.6. The number of carbonyl (C=O) groups is 1. The van der Waals surface area contributed by atoms with Crippen molar-refractivity contribution in [3.05, 3.63) is 29.3 Å². The first-order valence-electron chi connectivity index (χ1n) is 11.6. The van der Waals surface area contributed by atoms with Crippen molar-refractivity contribution in [3.8, 4) is 0 Å². The van der Waals surface area contributed by atoms with Gasteiger partial charge in [0.15, 0.2) is 0 Å². The first kappa shape index (κ1) is 22.3. The van der Waals surface area contributed by atoms with Crippen LogP contribution in [0.3, 0.4) is 0 Å². The molecule has 2 fully saturated rings. The van der Waals surface area contributed by atoms with Gasteiger partial charge in [-0.05, 0) is 43.0 Å². The minimum absolute atomic E-state index is 0.0291. The normalized spacial score (nSPS) is 19.8. The predicted molar refractivity (Wildman–Crippen MR) is 127 cm³/mol. The predicted octanol–water partition coefficient (Wildman–Crippen LogP) is 4.35. The number of halogens is 1. The summed E-state index contributed by atoms with van der Waals surface area (Å²) in [7, 11) is 0. The van der Waals surface area contributed by atoms with Gasteiger partial charge in [-0.25, -0.2) is 4.98 Å². The summed E-state index contributed by atoms with van der Waals surface area (Å²) in [5.41, 5.74) is 1.49. The van der Waals surface area contributed by atoms with Gasteiger partial charge in [-0.3, -0.25) is 4.79 Å². The summed E-state index contributed by atoms with van der Waals surface area (Å²) in [4.78, 5) is 19.7. The van der Waals surface area contributed by atoms with E-state index in [1.54, 1.807) is 0 Å². The Bertz CT molecular complexity index is 901. The maximum Gasteiger partial charge on any atom is 0.224 e. The Kier molecular flexibility index (Phi) is 7.64. The fourth-order valence-electron chi connectivity index (χ4n) is 4.89. The molecule has 1 amide bonds. The molecule has 7 heteroatoms. The number of nitrogens with one attached hydrogen (secondary N) is 2. The number of aromatic nitrogens is 1. The van der Waals surface area contributed by atoms with Crippen molar-refractivity contribution in [2.75, 3.05) is 36.5 Å². The van der Waals surface area contributed by atoms with Gasteiger partial charge in [0.05, 0.1) is 22.8 Å². The molecule has 1 aliphatic heterocycles. The van der Waals surface area contributed by atoms with E-state index in [2.05, 4.69) is 15.5 Å². The molecule has 1 aliphatic carbocycles. The minimum atomic E-state index is 0.0291. The van der Waals surface area contributed by atoms with E-state index in [1.807, 2.05) is 24.3 Å². The molecule has 6 nitrogen and oxygen atoms in total. The third kappa shape index (κ3) is 5.68. The number of aliphatic hydroxyl groups is 1. The molecule has 1 aromatic heterocycles. The van der Waals surface area contributed by atoms with Crippen LogP contribution in [0.15, 0.2) is 24.3 Å². The molecule has 2 aromatic rings. The number of hydrogen-bond donors (Lipinski definition) is 3. The molecule has 168 valence electrons. The Balaban J connectivity index is 1.43. The second kappa shape index (κ2) is 10.6. The van der Waals surface area contributed by atoms with Gasteiger partial charge in [-0.1, -0.05) is 43.7 Å². The zero-order valence-corrected chi connectivity index (χ0v) is 18.8. The Morgan fingerprint density at radius 1 is 1.16 bits per heavy atom. The average molecular weight is 445 g/mol. The highest BCUT2D eigenvalue weighted by molar-refractivity contribution is 6.35. The van der Waals surface area contributed by atoms with E-state index in [1.165, 1.54) is 32.1 Å². The van der Waals surface area contributed by atoms with Gasteiger partial charge in [0.2, 0.25) is 5.91 Å². The molecule has 0 radical (unpaired) electrons. The topological polar surface area (TPSA) is 77.5 Å². The molecule has 1 atom stereocenters. The van der Waals surface area contributed by atoms with Gasteiger partial charge in [0.25, 0.3) is 0 Å². The molecule has 0 bridgehead atoms. The highest BCUT2D eigenvalue weighted by Gasteiger charge is 2.23. The Morgan fingerprint density at radius 3 is 2.81 bits per heavy atom. The van der Waals surface area contributed by atoms with Crippen LogP contribution in [-0.2, 0) is 4.79 Å². The van der Waals surface area contributed by atoms with Gasteiger partial charge in [-0.15, -0.1) is 0 Å². The fourth-order valence-corrected chi connectivity index (χ4v) is 5.10. The molecule has 2 heterocycles. The lowest BCUT2D eigenvalue weighted by Gasteiger charge is -2.21. The minimum Gasteiger partial charge on any atom is -0.395 e. The number of aliphatic hydroxyl groups excluding tert-OH is 1. The molecule has 2 aliphatic rings. The maximum absolute atomic E-state index is 12.6. The molecule has 0 spiro atoms. The smallest absolute Gasteiger partial charge is 0.224 e. The summed E-state index contributed by atoms with van der Waals surface area (Å²) in [5, 5.41) is 16.8. The van der Waals surface area contributed by atoms with Crippen molar-refractivity contribution in [3.63, 3.8) is 0 Å². The number of amides is 1. The van der Waals surface area contributed by atoms with Crippen LogP contribution < -0.4 is 15.5 Å². The van der Waals surface area contributed by atoms with E-state index in [0.29, 0.717) is 35.6 Å². The quantitative estimate of drug-likeness (QED) is 0.564. The second-order valence-corrected chi connectivity index (χ2v) is 9.27. The summed E-state index contributed by atoms with van der Waals surface area (Å²) in [6, 6.07) is 8.11. The molecule has 0 unspecified atom stereocenters. The standard InChI is InChI=1S/C24H33ClN4O2/c25-20-8-9-21-19(24(20)28-23(31)11-6-17-4-2-1-3-5-17)7-10-22(27-21)29-14-12-18(16-29)26-13-15-30/h7-10,17-18,26,30H,1-6,11-16H2,(H,28,31)/t18-/m0/s1. The van der Waals surface area contributed by atoms with Crippen molar-refractivity contribution in [1.82, 2.24) is 10.3 Å². The summed E-state index contributed by atoms with van der Waals surface area (Å²) in [5.74, 6) is 1.64. The third-order valence-corrected chi connectivity index (χ3v) is 6.95. The largest absolute Gasteiger partial charge is 0.395 e. The van der Waals surface area contributed by atoms with Crippen LogP contribution in [0.5, 0.6) is 0 Å². The summed E-state index contributed by atoms with van der Waals surface area (Å²) >= 11 is 6.45. The SMILES string of the molecule is O=C(CCC1CCCCC1)Nc1c(Cl)ccc2nc(N3CC[C@H](NCCO)C3)ccc12. The zero-order chi connectivity index (χ0) is 21.6. The lowest BCUT2D eigenvalue weighted by atomic mass is 9.86. The van der Waals surface area contributed by atoms with E-state index in [4.69, 9.17) is 21.7 Å². The average Bonchev–Trinajstić information content (AvgIpc) is 3.27. The highest BCUT2D eigenvalue weighted by atomic mass is 35.5. The highest BCUT2D eigenvalue weighted by Crippen LogP contribution is 2.33. The van der Waals surface area contributed by atoms with Crippen LogP contribution in [0.4, 0.5) is 11.5 Å². The van der Waals surface area contributed by atoms with Crippen molar-refractivity contribution in [2.45, 2.75) is 57.4 Å². The van der Waals surface area contributed by atoms with Crippen LogP contribution in [0.2, 0.25) is 5.02 Å². The lowest BCUT2D eigenvalue weighted by molar-refractivity contribution is -0.116. The summed E-state index contributed by atoms with van der Waals surface area (Å²) in [6.07, 6.45) is 8.96. The fraction of sp³-hybridized carbons (Fsp3) is 0.583. The first-order chi connectivity index (χ1) is 15.1. The van der Waals surface area contributed by atoms with Crippen molar-refractivity contribution in [1.29, 1.82) is 0 Å². The molecule has 1 saturated heterocycles. The van der Waals surface area contributed by atoms with Gasteiger partial charge < -0.3 is 20.6 Å². The number of carbonyl (C=O) groups excluding carboxylic acids is 1. The molecule has 1 saturated carbocycles. The number of pyridine rings is 1. The van der Waals surface area contributed by atoms with Gasteiger partial charge in [0.1, 0.15) is 5.82 Å². The number of fused-ring (bicyclic) bond motifs is 1. The van der Waals surface area contributed by atoms with Crippen molar-refractivity contribution < 1.29 is 9.90 Å². The van der Waals surface area contributed by atoms with Gasteiger partial charge in [-0.2, -0.15) is 0 Å². The summed E-state index contributed by atoms with van der Waals surface area (Å²) in [6.45, 7) is 2.57. The Hall–Kier alpha value is -1.89. The number of nitrogens with zero attached hydrogens (tertiary/aromatic N) is 2. The summed E-state index contributed by atoms with van der Waals surface area (Å²) < 4.78 is 0. The molecular weight excluding hydrogens is 412 g/mol. The van der Waals surface area contributed by atoms with E-state index in [-0.39, 0.29) is 12.5 Å². The van der Waals surface area contributed by atoms with Gasteiger partial charge >= 0.3 is 0 Å². The van der Waals surface area contributed by atoms with Crippen LogP contribution >= 0.6 is 11.6 Å². The number of anilines is 2.